The zero-order chi connectivity index (χ0) is 17.6. The third kappa shape index (κ3) is 2.70. The lowest BCUT2D eigenvalue weighted by Gasteiger charge is -2.09. The van der Waals surface area contributed by atoms with Gasteiger partial charge in [0.15, 0.2) is 35.4 Å². The van der Waals surface area contributed by atoms with Crippen LogP contribution in [0.3, 0.4) is 0 Å². The Labute approximate surface area is 156 Å². The van der Waals surface area contributed by atoms with Crippen LogP contribution >= 0.6 is 0 Å². The first-order valence-electron chi connectivity index (χ1n) is 7.85. The SMILES string of the molecule is COc1cc2c[n+]3ccc4cc(OC)c(OC)cc4c3cc2cc1O.[Cl-]. The van der Waals surface area contributed by atoms with Gasteiger partial charge in [-0.3, -0.25) is 0 Å². The van der Waals surface area contributed by atoms with Crippen LogP contribution in [0.5, 0.6) is 23.0 Å². The van der Waals surface area contributed by atoms with Crippen molar-refractivity contribution >= 4 is 27.1 Å². The zero-order valence-electron chi connectivity index (χ0n) is 14.6. The maximum absolute atomic E-state index is 10.1. The van der Waals surface area contributed by atoms with Crippen LogP contribution in [0, 0.1) is 0 Å². The molecule has 4 aromatic rings. The average Bonchev–Trinajstić information content (AvgIpc) is 2.64. The smallest absolute Gasteiger partial charge is 0.219 e. The molecule has 0 aliphatic heterocycles. The minimum absolute atomic E-state index is 0. The molecule has 0 unspecified atom stereocenters. The monoisotopic (exact) mass is 371 g/mol. The van der Waals surface area contributed by atoms with Gasteiger partial charge in [0, 0.05) is 12.1 Å². The largest absolute Gasteiger partial charge is 1.00 e. The molecule has 2 aromatic heterocycles. The first-order chi connectivity index (χ1) is 12.1. The molecule has 134 valence electrons. The summed E-state index contributed by atoms with van der Waals surface area (Å²) in [5.74, 6) is 1.96. The van der Waals surface area contributed by atoms with Crippen LogP contribution in [-0.2, 0) is 0 Å². The molecule has 6 heteroatoms. The summed E-state index contributed by atoms with van der Waals surface area (Å²) in [5, 5.41) is 14.1. The molecule has 0 fully saturated rings. The number of aromatic hydroxyl groups is 1. The second-order valence-electron chi connectivity index (χ2n) is 5.83. The van der Waals surface area contributed by atoms with Gasteiger partial charge in [0.2, 0.25) is 5.52 Å². The van der Waals surface area contributed by atoms with Gasteiger partial charge in [-0.05, 0) is 35.0 Å². The highest BCUT2D eigenvalue weighted by molar-refractivity contribution is 5.99. The van der Waals surface area contributed by atoms with Crippen LogP contribution in [0.1, 0.15) is 0 Å². The minimum atomic E-state index is 0. The first kappa shape index (κ1) is 17.9. The van der Waals surface area contributed by atoms with Crippen molar-refractivity contribution in [1.29, 1.82) is 0 Å². The zero-order valence-corrected chi connectivity index (χ0v) is 15.4. The lowest BCUT2D eigenvalue weighted by atomic mass is 10.1. The number of fused-ring (bicyclic) bond motifs is 4. The number of halogens is 1. The normalized spacial score (nSPS) is 10.7. The van der Waals surface area contributed by atoms with Crippen LogP contribution in [0.25, 0.3) is 27.1 Å². The fraction of sp³-hybridized carbons (Fsp3) is 0.150. The number of hydrogen-bond acceptors (Lipinski definition) is 4. The molecular formula is C20H18ClNO4. The molecule has 0 radical (unpaired) electrons. The van der Waals surface area contributed by atoms with E-state index in [0.717, 1.165) is 27.1 Å². The topological polar surface area (TPSA) is 52.0 Å². The number of nitrogens with zero attached hydrogens (tertiary/aromatic N) is 1. The van der Waals surface area contributed by atoms with Crippen molar-refractivity contribution in [1.82, 2.24) is 0 Å². The average molecular weight is 372 g/mol. The van der Waals surface area contributed by atoms with Crippen molar-refractivity contribution in [2.45, 2.75) is 0 Å². The second-order valence-corrected chi connectivity index (χ2v) is 5.83. The van der Waals surface area contributed by atoms with E-state index < -0.39 is 0 Å². The molecule has 2 heterocycles. The Morgan fingerprint density at radius 2 is 1.42 bits per heavy atom. The van der Waals surface area contributed by atoms with Gasteiger partial charge in [0.25, 0.3) is 0 Å². The second kappa shape index (κ2) is 6.77. The third-order valence-electron chi connectivity index (χ3n) is 4.48. The predicted molar refractivity (Wildman–Crippen MR) is 95.9 cm³/mol. The molecule has 1 N–H and O–H groups in total. The Morgan fingerprint density at radius 1 is 0.769 bits per heavy atom. The molecule has 0 aliphatic rings. The number of rotatable bonds is 3. The van der Waals surface area contributed by atoms with Crippen LogP contribution in [0.15, 0.2) is 48.8 Å². The van der Waals surface area contributed by atoms with E-state index >= 15 is 0 Å². The Balaban J connectivity index is 0.00000196. The van der Waals surface area contributed by atoms with Gasteiger partial charge in [-0.1, -0.05) is 0 Å². The molecular weight excluding hydrogens is 354 g/mol. The molecule has 5 nitrogen and oxygen atoms in total. The van der Waals surface area contributed by atoms with E-state index in [4.69, 9.17) is 14.2 Å². The van der Waals surface area contributed by atoms with Crippen molar-refractivity contribution in [3.8, 4) is 23.0 Å². The number of benzene rings is 2. The molecule has 0 saturated carbocycles. The van der Waals surface area contributed by atoms with Gasteiger partial charge in [-0.2, -0.15) is 4.40 Å². The lowest BCUT2D eigenvalue weighted by molar-refractivity contribution is -0.509. The van der Waals surface area contributed by atoms with Crippen LogP contribution in [0.4, 0.5) is 0 Å². The summed E-state index contributed by atoms with van der Waals surface area (Å²) >= 11 is 0. The Bertz CT molecular complexity index is 1130. The fourth-order valence-electron chi connectivity index (χ4n) is 3.20. The summed E-state index contributed by atoms with van der Waals surface area (Å²) in [5.41, 5.74) is 1.01. The molecule has 2 aromatic carbocycles. The number of aromatic nitrogens is 1. The van der Waals surface area contributed by atoms with Gasteiger partial charge < -0.3 is 31.7 Å². The van der Waals surface area contributed by atoms with E-state index in [1.54, 1.807) is 27.4 Å². The Hall–Kier alpha value is -2.92. The summed E-state index contributed by atoms with van der Waals surface area (Å²) in [6.45, 7) is 0. The molecule has 0 bridgehead atoms. The van der Waals surface area contributed by atoms with Crippen LogP contribution in [-0.4, -0.2) is 26.4 Å². The van der Waals surface area contributed by atoms with Crippen molar-refractivity contribution in [2.24, 2.45) is 0 Å². The standard InChI is InChI=1S/C20H17NO4.ClH/c1-23-18-9-14-11-21-5-4-12-8-19(24-2)20(25-3)10-15(12)16(21)6-13(14)7-17(18)22;/h4-11H,1-3H3;1H. The van der Waals surface area contributed by atoms with E-state index in [9.17, 15) is 5.11 Å². The highest BCUT2D eigenvalue weighted by Gasteiger charge is 2.15. The number of phenolic OH excluding ortho intramolecular Hbond substituents is 1. The van der Waals surface area contributed by atoms with E-state index in [2.05, 4.69) is 0 Å². The van der Waals surface area contributed by atoms with Crippen molar-refractivity contribution in [3.05, 3.63) is 48.8 Å². The molecule has 0 aliphatic carbocycles. The highest BCUT2D eigenvalue weighted by atomic mass is 35.5. The number of ether oxygens (including phenoxy) is 3. The van der Waals surface area contributed by atoms with Gasteiger partial charge in [0.1, 0.15) is 0 Å². The molecule has 0 spiro atoms. The van der Waals surface area contributed by atoms with Gasteiger partial charge in [0.05, 0.1) is 32.1 Å². The van der Waals surface area contributed by atoms with Crippen LogP contribution < -0.4 is 31.0 Å². The quantitative estimate of drug-likeness (QED) is 0.323. The van der Waals surface area contributed by atoms with E-state index in [0.29, 0.717) is 17.2 Å². The van der Waals surface area contributed by atoms with E-state index in [1.165, 1.54) is 0 Å². The Morgan fingerprint density at radius 3 is 2.12 bits per heavy atom. The van der Waals surface area contributed by atoms with Crippen LogP contribution in [0.2, 0.25) is 0 Å². The lowest BCUT2D eigenvalue weighted by Crippen LogP contribution is -3.00. The number of hydrogen-bond donors (Lipinski definition) is 1. The summed E-state index contributed by atoms with van der Waals surface area (Å²) in [6, 6.07) is 11.6. The summed E-state index contributed by atoms with van der Waals surface area (Å²) in [4.78, 5) is 0. The van der Waals surface area contributed by atoms with Gasteiger partial charge in [-0.15, -0.1) is 0 Å². The number of pyridine rings is 2. The number of phenols is 1. The van der Waals surface area contributed by atoms with Gasteiger partial charge >= 0.3 is 0 Å². The predicted octanol–water partition coefficient (Wildman–Crippen LogP) is 0.467. The molecule has 4 rings (SSSR count). The van der Waals surface area contributed by atoms with Crippen molar-refractivity contribution in [3.63, 3.8) is 0 Å². The number of methoxy groups -OCH3 is 3. The maximum Gasteiger partial charge on any atom is 0.219 e. The fourth-order valence-corrected chi connectivity index (χ4v) is 3.20. The Kier molecular flexibility index (Phi) is 4.66. The highest BCUT2D eigenvalue weighted by Crippen LogP contribution is 2.35. The van der Waals surface area contributed by atoms with Crippen molar-refractivity contribution in [2.75, 3.05) is 21.3 Å². The molecule has 0 saturated heterocycles. The molecule has 26 heavy (non-hydrogen) atoms. The van der Waals surface area contributed by atoms with E-state index in [1.807, 2.05) is 47.1 Å². The summed E-state index contributed by atoms with van der Waals surface area (Å²) in [7, 11) is 4.80. The van der Waals surface area contributed by atoms with Gasteiger partial charge in [-0.25, -0.2) is 0 Å². The van der Waals surface area contributed by atoms with Crippen molar-refractivity contribution < 1.29 is 36.1 Å². The molecule has 0 atom stereocenters. The van der Waals surface area contributed by atoms with E-state index in [-0.39, 0.29) is 18.2 Å². The first-order valence-corrected chi connectivity index (χ1v) is 7.85. The summed E-state index contributed by atoms with van der Waals surface area (Å²) in [6.07, 6.45) is 4.02. The maximum atomic E-state index is 10.1. The molecule has 0 amide bonds. The third-order valence-corrected chi connectivity index (χ3v) is 4.48. The summed E-state index contributed by atoms with van der Waals surface area (Å²) < 4.78 is 18.1. The minimum Gasteiger partial charge on any atom is -1.00 e.